The number of fused-ring (bicyclic) bond motifs is 1. The molecule has 8 nitrogen and oxygen atoms in total. The number of hydrogen-bond donors (Lipinski definition) is 2. The van der Waals surface area contributed by atoms with Crippen LogP contribution in [-0.4, -0.2) is 24.2 Å². The number of esters is 1. The monoisotopic (exact) mass is 423 g/mol. The molecule has 1 aliphatic rings. The van der Waals surface area contributed by atoms with Crippen LogP contribution in [0.3, 0.4) is 0 Å². The molecule has 2 aromatic rings. The molecule has 162 valence electrons. The summed E-state index contributed by atoms with van der Waals surface area (Å²) in [7, 11) is 0. The van der Waals surface area contributed by atoms with Gasteiger partial charge in [-0.3, -0.25) is 4.79 Å². The van der Waals surface area contributed by atoms with Gasteiger partial charge in [-0.25, -0.2) is 4.79 Å². The van der Waals surface area contributed by atoms with E-state index in [4.69, 9.17) is 19.9 Å². The molecule has 1 aliphatic heterocycles. The lowest BCUT2D eigenvalue weighted by Crippen LogP contribution is -2.29. The van der Waals surface area contributed by atoms with Crippen molar-refractivity contribution >= 4 is 16.9 Å². The molecule has 0 saturated heterocycles. The Labute approximate surface area is 179 Å². The number of benzene rings is 1. The van der Waals surface area contributed by atoms with Crippen LogP contribution in [0.1, 0.15) is 45.1 Å². The molecule has 1 aromatic carbocycles. The Morgan fingerprint density at radius 3 is 2.68 bits per heavy atom. The largest absolute Gasteiger partial charge is 0.494 e. The van der Waals surface area contributed by atoms with Crippen molar-refractivity contribution in [3.63, 3.8) is 0 Å². The third-order valence-electron chi connectivity index (χ3n) is 4.94. The number of nitrogens with zero attached hydrogens (tertiary/aromatic N) is 1. The van der Waals surface area contributed by atoms with Crippen molar-refractivity contribution in [3.8, 4) is 11.8 Å². The number of allylic oxidation sites excluding steroid dienone is 2. The molecular formula is C23H25N3O5. The maximum absolute atomic E-state index is 13.0. The van der Waals surface area contributed by atoms with E-state index in [1.807, 2.05) is 19.9 Å². The first kappa shape index (κ1) is 22.0. The van der Waals surface area contributed by atoms with Crippen LogP contribution < -0.4 is 16.0 Å². The summed E-state index contributed by atoms with van der Waals surface area (Å²) >= 11 is 0. The number of hydrogen-bond acceptors (Lipinski definition) is 7. The molecule has 2 heterocycles. The summed E-state index contributed by atoms with van der Waals surface area (Å²) in [4.78, 5) is 28.7. The van der Waals surface area contributed by atoms with Gasteiger partial charge in [-0.05, 0) is 44.5 Å². The van der Waals surface area contributed by atoms with Crippen molar-refractivity contribution in [3.05, 3.63) is 63.0 Å². The minimum atomic E-state index is -0.997. The first-order valence-corrected chi connectivity index (χ1v) is 10.2. The van der Waals surface area contributed by atoms with Crippen molar-refractivity contribution in [2.24, 2.45) is 5.73 Å². The summed E-state index contributed by atoms with van der Waals surface area (Å²) in [6.45, 7) is 6.12. The molecule has 0 unspecified atom stereocenters. The van der Waals surface area contributed by atoms with Gasteiger partial charge in [0.15, 0.2) is 0 Å². The smallest absolute Gasteiger partial charge is 0.338 e. The van der Waals surface area contributed by atoms with Crippen molar-refractivity contribution < 1.29 is 19.0 Å². The number of rotatable bonds is 7. The van der Waals surface area contributed by atoms with Crippen LogP contribution in [0, 0.1) is 11.3 Å². The average Bonchev–Trinajstić information content (AvgIpc) is 2.73. The van der Waals surface area contributed by atoms with Crippen LogP contribution in [-0.2, 0) is 14.3 Å². The van der Waals surface area contributed by atoms with E-state index in [1.54, 1.807) is 31.2 Å². The Morgan fingerprint density at radius 2 is 2.03 bits per heavy atom. The third-order valence-corrected chi connectivity index (χ3v) is 4.94. The number of aromatic amines is 1. The zero-order valence-electron chi connectivity index (χ0n) is 17.8. The summed E-state index contributed by atoms with van der Waals surface area (Å²) in [5.74, 6) is -0.804. The fourth-order valence-electron chi connectivity index (χ4n) is 3.65. The minimum Gasteiger partial charge on any atom is -0.494 e. The number of H-pyrrole nitrogens is 1. The number of carbonyl (C=O) groups excluding carboxylic acids is 1. The van der Waals surface area contributed by atoms with E-state index in [2.05, 4.69) is 4.98 Å². The van der Waals surface area contributed by atoms with Gasteiger partial charge in [-0.2, -0.15) is 5.26 Å². The second-order valence-electron chi connectivity index (χ2n) is 6.97. The molecule has 0 spiro atoms. The highest BCUT2D eigenvalue weighted by molar-refractivity contribution is 5.93. The van der Waals surface area contributed by atoms with Crippen LogP contribution in [0.2, 0.25) is 0 Å². The molecule has 8 heteroatoms. The Hall–Kier alpha value is -3.73. The topological polar surface area (TPSA) is 127 Å². The van der Waals surface area contributed by atoms with E-state index in [1.165, 1.54) is 0 Å². The van der Waals surface area contributed by atoms with E-state index in [-0.39, 0.29) is 29.2 Å². The van der Waals surface area contributed by atoms with Crippen LogP contribution in [0.4, 0.5) is 0 Å². The van der Waals surface area contributed by atoms with Crippen molar-refractivity contribution in [1.29, 1.82) is 5.26 Å². The minimum absolute atomic E-state index is 0.00582. The first-order valence-electron chi connectivity index (χ1n) is 10.2. The number of nitrogens with two attached hydrogens (primary N) is 1. The second kappa shape index (κ2) is 9.39. The van der Waals surface area contributed by atoms with Gasteiger partial charge in [0.2, 0.25) is 5.88 Å². The molecule has 1 aromatic heterocycles. The van der Waals surface area contributed by atoms with Crippen LogP contribution in [0.25, 0.3) is 10.9 Å². The lowest BCUT2D eigenvalue weighted by atomic mass is 9.82. The number of ether oxygens (including phenoxy) is 3. The Balaban J connectivity index is 2.28. The quantitative estimate of drug-likeness (QED) is 0.654. The van der Waals surface area contributed by atoms with Gasteiger partial charge in [-0.1, -0.05) is 6.92 Å². The number of pyridine rings is 1. The fraction of sp³-hybridized carbons (Fsp3) is 0.348. The van der Waals surface area contributed by atoms with Gasteiger partial charge in [0.25, 0.3) is 5.56 Å². The van der Waals surface area contributed by atoms with Gasteiger partial charge in [0.05, 0.1) is 24.7 Å². The standard InChI is InChI=1S/C23H25N3O5/c1-4-7-18-20(23(28)30-6-3)19(16(12-24)21(25)31-18)15-11-13-10-14(29-5-2)8-9-17(13)26-22(15)27/h8-11,19H,4-7,25H2,1-3H3,(H,26,27)/t19-/m1/s1. The zero-order valence-corrected chi connectivity index (χ0v) is 17.8. The van der Waals surface area contributed by atoms with Crippen LogP contribution in [0.5, 0.6) is 5.75 Å². The first-order chi connectivity index (χ1) is 14.9. The number of nitriles is 1. The molecule has 1 atom stereocenters. The van der Waals surface area contributed by atoms with Gasteiger partial charge < -0.3 is 24.9 Å². The summed E-state index contributed by atoms with van der Waals surface area (Å²) in [6.07, 6.45) is 1.08. The molecule has 0 aliphatic carbocycles. The van der Waals surface area contributed by atoms with E-state index >= 15 is 0 Å². The molecule has 0 fully saturated rings. The van der Waals surface area contributed by atoms with E-state index in [0.717, 1.165) is 0 Å². The third kappa shape index (κ3) is 4.26. The lowest BCUT2D eigenvalue weighted by molar-refractivity contribution is -0.139. The molecule has 0 saturated carbocycles. The van der Waals surface area contributed by atoms with Crippen LogP contribution in [0.15, 0.2) is 51.8 Å². The number of carbonyl (C=O) groups is 1. The number of aromatic nitrogens is 1. The molecule has 0 bridgehead atoms. The predicted molar refractivity (Wildman–Crippen MR) is 115 cm³/mol. The normalized spacial score (nSPS) is 16.1. The second-order valence-corrected chi connectivity index (χ2v) is 6.97. The predicted octanol–water partition coefficient (Wildman–Crippen LogP) is 3.35. The Morgan fingerprint density at radius 1 is 1.26 bits per heavy atom. The molecule has 31 heavy (non-hydrogen) atoms. The molecule has 3 N–H and O–H groups in total. The fourth-order valence-corrected chi connectivity index (χ4v) is 3.65. The van der Waals surface area contributed by atoms with Crippen molar-refractivity contribution in [2.45, 2.75) is 39.5 Å². The van der Waals surface area contributed by atoms with E-state index < -0.39 is 17.4 Å². The highest BCUT2D eigenvalue weighted by atomic mass is 16.5. The van der Waals surface area contributed by atoms with Gasteiger partial charge in [0, 0.05) is 22.9 Å². The van der Waals surface area contributed by atoms with E-state index in [0.29, 0.717) is 41.9 Å². The Kier molecular flexibility index (Phi) is 6.65. The lowest BCUT2D eigenvalue weighted by Gasteiger charge is -2.27. The maximum Gasteiger partial charge on any atom is 0.338 e. The molecule has 0 amide bonds. The zero-order chi connectivity index (χ0) is 22.5. The average molecular weight is 423 g/mol. The molecule has 3 rings (SSSR count). The van der Waals surface area contributed by atoms with E-state index in [9.17, 15) is 14.9 Å². The highest BCUT2D eigenvalue weighted by Crippen LogP contribution is 2.40. The van der Waals surface area contributed by atoms with Crippen molar-refractivity contribution in [1.82, 2.24) is 4.98 Å². The summed E-state index contributed by atoms with van der Waals surface area (Å²) in [5.41, 5.74) is 6.52. The SMILES string of the molecule is CCCC1=C(C(=O)OCC)[C@H](c2cc3cc(OCC)ccc3[nH]c2=O)C(C#N)=C(N)O1. The van der Waals surface area contributed by atoms with Crippen LogP contribution >= 0.6 is 0 Å². The summed E-state index contributed by atoms with van der Waals surface area (Å²) in [6, 6.07) is 8.96. The highest BCUT2D eigenvalue weighted by Gasteiger charge is 2.38. The summed E-state index contributed by atoms with van der Waals surface area (Å²) in [5, 5.41) is 10.5. The maximum atomic E-state index is 13.0. The van der Waals surface area contributed by atoms with Crippen molar-refractivity contribution in [2.75, 3.05) is 13.2 Å². The molecular weight excluding hydrogens is 398 g/mol. The Bertz CT molecular complexity index is 1170. The summed E-state index contributed by atoms with van der Waals surface area (Å²) < 4.78 is 16.4. The number of nitrogens with one attached hydrogen (secondary N) is 1. The van der Waals surface area contributed by atoms with Gasteiger partial charge in [0.1, 0.15) is 23.2 Å². The van der Waals surface area contributed by atoms with Gasteiger partial charge in [-0.15, -0.1) is 0 Å². The molecule has 0 radical (unpaired) electrons. The van der Waals surface area contributed by atoms with Gasteiger partial charge >= 0.3 is 5.97 Å².